The molecular formula is C35H44BNO7. The number of carbonyl (C=O) groups is 3. The summed E-state index contributed by atoms with van der Waals surface area (Å²) in [5.74, 6) is -1.87. The number of carboxylic acids is 1. The number of amides is 2. The van der Waals surface area contributed by atoms with E-state index >= 15 is 0 Å². The topological polar surface area (TPSA) is 124 Å². The molecule has 0 radical (unpaired) electrons. The highest BCUT2D eigenvalue weighted by molar-refractivity contribution is 6.43. The van der Waals surface area contributed by atoms with Gasteiger partial charge in [-0.3, -0.25) is 19.3 Å². The Kier molecular flexibility index (Phi) is 9.95. The van der Waals surface area contributed by atoms with E-state index in [9.17, 15) is 24.5 Å². The number of hydrogen-bond acceptors (Lipinski definition) is 6. The molecule has 9 heteroatoms. The number of unbranched alkanes of at least 4 members (excludes halogenated alkanes) is 2. The lowest BCUT2D eigenvalue weighted by molar-refractivity contribution is -0.141. The van der Waals surface area contributed by atoms with E-state index in [0.29, 0.717) is 45.0 Å². The van der Waals surface area contributed by atoms with Crippen molar-refractivity contribution < 1.29 is 34.3 Å². The molecule has 0 bridgehead atoms. The molecule has 2 amide bonds. The number of likely N-dealkylation sites (tertiary alicyclic amines) is 1. The van der Waals surface area contributed by atoms with Gasteiger partial charge in [-0.2, -0.15) is 0 Å². The van der Waals surface area contributed by atoms with E-state index in [1.807, 2.05) is 30.3 Å². The molecule has 2 saturated heterocycles. The molecule has 3 N–H and O–H groups in total. The normalized spacial score (nSPS) is 24.0. The molecule has 234 valence electrons. The maximum atomic E-state index is 13.8. The first-order valence-electron chi connectivity index (χ1n) is 16.1. The molecule has 44 heavy (non-hydrogen) atoms. The molecule has 0 saturated carbocycles. The van der Waals surface area contributed by atoms with Crippen LogP contribution in [0.15, 0.2) is 53.1 Å². The van der Waals surface area contributed by atoms with E-state index in [4.69, 9.17) is 9.76 Å². The summed E-state index contributed by atoms with van der Waals surface area (Å²) in [5.41, 5.74) is 4.53. The summed E-state index contributed by atoms with van der Waals surface area (Å²) in [6.07, 6.45) is 6.73. The largest absolute Gasteiger partial charge is 0.507 e. The highest BCUT2D eigenvalue weighted by Crippen LogP contribution is 2.52. The van der Waals surface area contributed by atoms with E-state index in [-0.39, 0.29) is 41.9 Å². The Bertz CT molecular complexity index is 1480. The summed E-state index contributed by atoms with van der Waals surface area (Å²) in [4.78, 5) is 39.5. The van der Waals surface area contributed by atoms with Gasteiger partial charge >= 0.3 is 13.1 Å². The molecule has 8 nitrogen and oxygen atoms in total. The Labute approximate surface area is 259 Å². The van der Waals surface area contributed by atoms with Gasteiger partial charge in [0.1, 0.15) is 5.75 Å². The number of phenols is 1. The van der Waals surface area contributed by atoms with Gasteiger partial charge in [0, 0.05) is 18.4 Å². The highest BCUT2D eigenvalue weighted by atomic mass is 16.5. The van der Waals surface area contributed by atoms with Crippen LogP contribution in [0.2, 0.25) is 6.32 Å². The Balaban J connectivity index is 1.36. The van der Waals surface area contributed by atoms with Crippen molar-refractivity contribution in [3.05, 3.63) is 58.7 Å². The average molecular weight is 602 g/mol. The van der Waals surface area contributed by atoms with Crippen molar-refractivity contribution >= 4 is 41.8 Å². The van der Waals surface area contributed by atoms with Gasteiger partial charge < -0.3 is 19.9 Å². The van der Waals surface area contributed by atoms with Crippen LogP contribution >= 0.6 is 0 Å². The number of fused-ring (bicyclic) bond motifs is 4. The summed E-state index contributed by atoms with van der Waals surface area (Å²) in [6, 6.07) is 11.5. The number of rotatable bonds is 12. The van der Waals surface area contributed by atoms with E-state index in [2.05, 4.69) is 26.8 Å². The second-order valence-electron chi connectivity index (χ2n) is 12.8. The minimum Gasteiger partial charge on any atom is -0.507 e. The van der Waals surface area contributed by atoms with Crippen LogP contribution in [0.3, 0.4) is 0 Å². The van der Waals surface area contributed by atoms with Gasteiger partial charge in [0.2, 0.25) is 11.8 Å². The van der Waals surface area contributed by atoms with Crippen molar-refractivity contribution in [1.82, 2.24) is 4.90 Å². The number of nitrogens with zero attached hydrogens (tertiary/aromatic N) is 1. The number of aliphatic carboxylic acids is 1. The fraction of sp³-hybridized carbons (Fsp3) is 0.514. The molecule has 2 aromatic carbocycles. The number of carbonyl (C=O) groups excluding carboxylic acids is 2. The van der Waals surface area contributed by atoms with Gasteiger partial charge in [-0.05, 0) is 79.3 Å². The molecular weight excluding hydrogens is 557 g/mol. The Morgan fingerprint density at radius 2 is 1.80 bits per heavy atom. The molecule has 4 atom stereocenters. The maximum Gasteiger partial charge on any atom is 0.455 e. The number of hydrogen-bond donors (Lipinski definition) is 3. The third kappa shape index (κ3) is 6.49. The van der Waals surface area contributed by atoms with Crippen molar-refractivity contribution in [2.24, 2.45) is 23.7 Å². The van der Waals surface area contributed by atoms with Crippen molar-refractivity contribution in [1.29, 1.82) is 0 Å². The molecule has 2 fully saturated rings. The first-order valence-corrected chi connectivity index (χ1v) is 16.1. The third-order valence-electron chi connectivity index (χ3n) is 9.78. The highest BCUT2D eigenvalue weighted by Gasteiger charge is 2.57. The number of carboxylic acid groups (broad SMARTS) is 1. The number of aromatic hydroxyl groups is 1. The first-order chi connectivity index (χ1) is 21.1. The molecule has 2 heterocycles. The van der Waals surface area contributed by atoms with Crippen molar-refractivity contribution in [3.8, 4) is 5.75 Å². The lowest BCUT2D eigenvalue weighted by Crippen LogP contribution is -2.46. The molecule has 2 aliphatic heterocycles. The van der Waals surface area contributed by atoms with Gasteiger partial charge in [0.05, 0.1) is 17.9 Å². The van der Waals surface area contributed by atoms with Gasteiger partial charge in [-0.15, -0.1) is 0 Å². The van der Waals surface area contributed by atoms with Crippen LogP contribution in [-0.2, 0) is 19.0 Å². The molecule has 5 rings (SSSR count). The van der Waals surface area contributed by atoms with Crippen LogP contribution in [0.25, 0.3) is 16.8 Å². The second-order valence-corrected chi connectivity index (χ2v) is 12.8. The number of benzene rings is 2. The summed E-state index contributed by atoms with van der Waals surface area (Å²) >= 11 is 0. The second kappa shape index (κ2) is 13.7. The number of imide groups is 1. The summed E-state index contributed by atoms with van der Waals surface area (Å²) in [6.45, 7) is 6.67. The van der Waals surface area contributed by atoms with Crippen molar-refractivity contribution in [2.45, 2.75) is 84.6 Å². The van der Waals surface area contributed by atoms with Crippen LogP contribution < -0.4 is 0 Å². The standard InChI is InChI=1S/C35H44BNO7/c1-4-22(18-23-14-15-29(38)25-11-8-7-10-24(23)25)13-16-30-32-26(21(2)3)19-27-33(28(32)20-36(43)44-30)35(42)37(34(27)41)17-9-5-6-12-31(39)40/h7-8,10-11,14-15,18,21,27-28,30,33,38,43H,4-6,9,12-13,16-17,19-20H2,1-3H3,(H,39,40)/b22-18+/t27-,28+,30-,33-/m1/s1. The molecule has 0 unspecified atom stereocenters. The predicted molar refractivity (Wildman–Crippen MR) is 171 cm³/mol. The van der Waals surface area contributed by atoms with Crippen LogP contribution in [0.1, 0.15) is 77.7 Å². The van der Waals surface area contributed by atoms with Crippen molar-refractivity contribution in [2.75, 3.05) is 6.54 Å². The van der Waals surface area contributed by atoms with E-state index in [1.54, 1.807) is 6.07 Å². The lowest BCUT2D eigenvalue weighted by atomic mass is 9.57. The van der Waals surface area contributed by atoms with Crippen LogP contribution in [0.4, 0.5) is 0 Å². The van der Waals surface area contributed by atoms with Crippen LogP contribution in [0.5, 0.6) is 5.75 Å². The molecule has 1 aliphatic carbocycles. The van der Waals surface area contributed by atoms with Crippen LogP contribution in [-0.4, -0.2) is 57.7 Å². The third-order valence-corrected chi connectivity index (χ3v) is 9.78. The zero-order valence-electron chi connectivity index (χ0n) is 26.0. The minimum atomic E-state index is -1.01. The van der Waals surface area contributed by atoms with Gasteiger partial charge in [0.15, 0.2) is 0 Å². The van der Waals surface area contributed by atoms with E-state index < -0.39 is 24.9 Å². The van der Waals surface area contributed by atoms with E-state index in [0.717, 1.165) is 34.8 Å². The fourth-order valence-electron chi connectivity index (χ4n) is 7.58. The van der Waals surface area contributed by atoms with Gasteiger partial charge in [-0.25, -0.2) is 0 Å². The smallest absolute Gasteiger partial charge is 0.455 e. The summed E-state index contributed by atoms with van der Waals surface area (Å²) in [7, 11) is -1.01. The quantitative estimate of drug-likeness (QED) is 0.114. The predicted octanol–water partition coefficient (Wildman–Crippen LogP) is 6.22. The zero-order valence-corrected chi connectivity index (χ0v) is 26.0. The maximum absolute atomic E-state index is 13.8. The van der Waals surface area contributed by atoms with Gasteiger partial charge in [0.25, 0.3) is 0 Å². The lowest BCUT2D eigenvalue weighted by Gasteiger charge is -2.44. The van der Waals surface area contributed by atoms with Crippen molar-refractivity contribution in [3.63, 3.8) is 0 Å². The Morgan fingerprint density at radius 1 is 1.05 bits per heavy atom. The first kappa shape index (κ1) is 32.0. The van der Waals surface area contributed by atoms with Gasteiger partial charge in [-0.1, -0.05) is 74.7 Å². The minimum absolute atomic E-state index is 0.0833. The number of allylic oxidation sites excluding steroid dienone is 2. The SMILES string of the molecule is CC/C(=C\c1ccc(O)c2ccccc12)CC[C@H]1OB(O)C[C@H]2C1=C(C(C)C)C[C@H]1C(=O)N(CCCCCC(=O)O)C(=O)[C@H]12. The van der Waals surface area contributed by atoms with Crippen LogP contribution in [0, 0.1) is 23.7 Å². The summed E-state index contributed by atoms with van der Waals surface area (Å²) < 4.78 is 6.20. The molecule has 0 aromatic heterocycles. The zero-order chi connectivity index (χ0) is 31.5. The Morgan fingerprint density at radius 3 is 2.50 bits per heavy atom. The average Bonchev–Trinajstić information content (AvgIpc) is 3.24. The summed E-state index contributed by atoms with van der Waals surface area (Å²) in [5, 5.41) is 31.9. The molecule has 2 aromatic rings. The van der Waals surface area contributed by atoms with E-state index in [1.165, 1.54) is 16.0 Å². The Hall–Kier alpha value is -3.43. The fourth-order valence-corrected chi connectivity index (χ4v) is 7.58. The molecule has 0 spiro atoms. The number of phenolic OH excluding ortho intramolecular Hbond substituents is 1. The monoisotopic (exact) mass is 601 g/mol. The molecule has 3 aliphatic rings.